The van der Waals surface area contributed by atoms with E-state index in [0.29, 0.717) is 23.4 Å². The molecule has 0 aromatic heterocycles. The number of rotatable bonds is 6. The van der Waals surface area contributed by atoms with Crippen LogP contribution in [-0.4, -0.2) is 33.4 Å². The Labute approximate surface area is 103 Å². The SMILES string of the molecule is CNCC(COC)Oc1ccc(F)cc1Br. The minimum Gasteiger partial charge on any atom is -0.486 e. The average molecular weight is 292 g/mol. The molecule has 1 aromatic rings. The van der Waals surface area contributed by atoms with Gasteiger partial charge in [0.15, 0.2) is 0 Å². The van der Waals surface area contributed by atoms with Crippen molar-refractivity contribution in [3.8, 4) is 5.75 Å². The summed E-state index contributed by atoms with van der Waals surface area (Å²) in [4.78, 5) is 0. The van der Waals surface area contributed by atoms with E-state index in [-0.39, 0.29) is 11.9 Å². The highest BCUT2D eigenvalue weighted by Crippen LogP contribution is 2.26. The van der Waals surface area contributed by atoms with Crippen molar-refractivity contribution in [3.05, 3.63) is 28.5 Å². The maximum atomic E-state index is 12.9. The first-order valence-corrected chi connectivity index (χ1v) is 5.72. The highest BCUT2D eigenvalue weighted by Gasteiger charge is 2.11. The van der Waals surface area contributed by atoms with Crippen molar-refractivity contribution in [1.82, 2.24) is 5.32 Å². The molecule has 0 amide bonds. The van der Waals surface area contributed by atoms with E-state index < -0.39 is 0 Å². The predicted octanol–water partition coefficient (Wildman–Crippen LogP) is 2.20. The lowest BCUT2D eigenvalue weighted by molar-refractivity contribution is 0.0813. The molecule has 1 aromatic carbocycles. The number of hydrogen-bond acceptors (Lipinski definition) is 3. The highest BCUT2D eigenvalue weighted by atomic mass is 79.9. The van der Waals surface area contributed by atoms with Crippen molar-refractivity contribution in [1.29, 1.82) is 0 Å². The Balaban J connectivity index is 2.68. The van der Waals surface area contributed by atoms with Crippen molar-refractivity contribution in [3.63, 3.8) is 0 Å². The lowest BCUT2D eigenvalue weighted by Gasteiger charge is -2.18. The fourth-order valence-electron chi connectivity index (χ4n) is 1.30. The third-order valence-electron chi connectivity index (χ3n) is 1.97. The lowest BCUT2D eigenvalue weighted by atomic mass is 10.3. The summed E-state index contributed by atoms with van der Waals surface area (Å²) in [6.45, 7) is 1.14. The van der Waals surface area contributed by atoms with Gasteiger partial charge in [-0.2, -0.15) is 0 Å². The number of likely N-dealkylation sites (N-methyl/N-ethyl adjacent to an activating group) is 1. The molecule has 1 unspecified atom stereocenters. The number of halogens is 2. The standard InChI is InChI=1S/C11H15BrFNO2/c1-14-6-9(7-15-2)16-11-4-3-8(13)5-10(11)12/h3-5,9,14H,6-7H2,1-2H3. The van der Waals surface area contributed by atoms with E-state index in [1.165, 1.54) is 12.1 Å². The number of benzene rings is 1. The first kappa shape index (κ1) is 13.4. The molecular formula is C11H15BrFNO2. The Morgan fingerprint density at radius 3 is 2.81 bits per heavy atom. The molecule has 0 aliphatic rings. The summed E-state index contributed by atoms with van der Waals surface area (Å²) < 4.78 is 24.2. The number of methoxy groups -OCH3 is 1. The summed E-state index contributed by atoms with van der Waals surface area (Å²) >= 11 is 3.25. The van der Waals surface area contributed by atoms with E-state index in [9.17, 15) is 4.39 Å². The molecule has 1 atom stereocenters. The second kappa shape index (κ2) is 6.83. The zero-order chi connectivity index (χ0) is 12.0. The Kier molecular flexibility index (Phi) is 5.73. The highest BCUT2D eigenvalue weighted by molar-refractivity contribution is 9.10. The van der Waals surface area contributed by atoms with E-state index in [2.05, 4.69) is 21.2 Å². The minimum absolute atomic E-state index is 0.100. The van der Waals surface area contributed by atoms with Crippen LogP contribution in [0.2, 0.25) is 0 Å². The monoisotopic (exact) mass is 291 g/mol. The van der Waals surface area contributed by atoms with Crippen LogP contribution in [0.5, 0.6) is 5.75 Å². The normalized spacial score (nSPS) is 12.5. The van der Waals surface area contributed by atoms with Gasteiger partial charge in [0.1, 0.15) is 17.7 Å². The molecule has 3 nitrogen and oxygen atoms in total. The van der Waals surface area contributed by atoms with Gasteiger partial charge in [-0.1, -0.05) is 0 Å². The van der Waals surface area contributed by atoms with Crippen molar-refractivity contribution < 1.29 is 13.9 Å². The summed E-state index contributed by atoms with van der Waals surface area (Å²) in [6.07, 6.45) is -0.100. The van der Waals surface area contributed by atoms with E-state index in [1.54, 1.807) is 13.2 Å². The molecule has 0 bridgehead atoms. The van der Waals surface area contributed by atoms with Crippen LogP contribution in [0.3, 0.4) is 0 Å². The molecule has 0 spiro atoms. The van der Waals surface area contributed by atoms with Crippen LogP contribution < -0.4 is 10.1 Å². The van der Waals surface area contributed by atoms with Gasteiger partial charge >= 0.3 is 0 Å². The van der Waals surface area contributed by atoms with Crippen LogP contribution in [-0.2, 0) is 4.74 Å². The lowest BCUT2D eigenvalue weighted by Crippen LogP contribution is -2.33. The van der Waals surface area contributed by atoms with Crippen molar-refractivity contribution in [2.75, 3.05) is 27.3 Å². The van der Waals surface area contributed by atoms with E-state index in [1.807, 2.05) is 7.05 Å². The third kappa shape index (κ3) is 4.08. The zero-order valence-electron chi connectivity index (χ0n) is 9.30. The maximum absolute atomic E-state index is 12.9. The number of nitrogens with one attached hydrogen (secondary N) is 1. The molecule has 0 fully saturated rings. The molecule has 16 heavy (non-hydrogen) atoms. The molecule has 5 heteroatoms. The molecule has 0 saturated carbocycles. The van der Waals surface area contributed by atoms with Gasteiger partial charge in [-0.25, -0.2) is 4.39 Å². The zero-order valence-corrected chi connectivity index (χ0v) is 10.9. The molecule has 1 rings (SSSR count). The summed E-state index contributed by atoms with van der Waals surface area (Å²) in [7, 11) is 3.46. The van der Waals surface area contributed by atoms with Crippen LogP contribution in [0, 0.1) is 5.82 Å². The summed E-state index contributed by atoms with van der Waals surface area (Å²) in [5.74, 6) is 0.315. The van der Waals surface area contributed by atoms with Gasteiger partial charge in [-0.05, 0) is 41.2 Å². The number of hydrogen-bond donors (Lipinski definition) is 1. The third-order valence-corrected chi connectivity index (χ3v) is 2.59. The Hall–Kier alpha value is -0.650. The molecule has 90 valence electrons. The van der Waals surface area contributed by atoms with Crippen LogP contribution in [0.25, 0.3) is 0 Å². The van der Waals surface area contributed by atoms with E-state index in [0.717, 1.165) is 0 Å². The first-order chi connectivity index (χ1) is 7.67. The fraction of sp³-hybridized carbons (Fsp3) is 0.455. The fourth-order valence-corrected chi connectivity index (χ4v) is 1.74. The largest absolute Gasteiger partial charge is 0.486 e. The molecule has 0 heterocycles. The van der Waals surface area contributed by atoms with Gasteiger partial charge in [0.2, 0.25) is 0 Å². The molecule has 0 saturated heterocycles. The van der Waals surface area contributed by atoms with Crippen LogP contribution in [0.1, 0.15) is 0 Å². The average Bonchev–Trinajstić information content (AvgIpc) is 2.23. The van der Waals surface area contributed by atoms with Crippen molar-refractivity contribution in [2.45, 2.75) is 6.10 Å². The summed E-state index contributed by atoms with van der Waals surface area (Å²) in [5.41, 5.74) is 0. The number of ether oxygens (including phenoxy) is 2. The molecule has 0 aliphatic carbocycles. The summed E-state index contributed by atoms with van der Waals surface area (Å²) in [5, 5.41) is 3.01. The molecule has 0 radical (unpaired) electrons. The van der Waals surface area contributed by atoms with Gasteiger partial charge < -0.3 is 14.8 Å². The van der Waals surface area contributed by atoms with Crippen LogP contribution >= 0.6 is 15.9 Å². The molecule has 1 N–H and O–H groups in total. The summed E-state index contributed by atoms with van der Waals surface area (Å²) in [6, 6.07) is 4.33. The quantitative estimate of drug-likeness (QED) is 0.872. The van der Waals surface area contributed by atoms with Gasteiger partial charge in [-0.15, -0.1) is 0 Å². The first-order valence-electron chi connectivity index (χ1n) is 4.92. The molecule has 0 aliphatic heterocycles. The smallest absolute Gasteiger partial charge is 0.134 e. The second-order valence-corrected chi connectivity index (χ2v) is 4.18. The van der Waals surface area contributed by atoms with Gasteiger partial charge in [0, 0.05) is 13.7 Å². The topological polar surface area (TPSA) is 30.5 Å². The van der Waals surface area contributed by atoms with Crippen LogP contribution in [0.15, 0.2) is 22.7 Å². The van der Waals surface area contributed by atoms with Gasteiger partial charge in [-0.3, -0.25) is 0 Å². The Bertz CT molecular complexity index is 330. The van der Waals surface area contributed by atoms with Crippen molar-refractivity contribution >= 4 is 15.9 Å². The van der Waals surface area contributed by atoms with Gasteiger partial charge in [0.25, 0.3) is 0 Å². The van der Waals surface area contributed by atoms with Crippen LogP contribution in [0.4, 0.5) is 4.39 Å². The Morgan fingerprint density at radius 2 is 2.25 bits per heavy atom. The predicted molar refractivity (Wildman–Crippen MR) is 64.3 cm³/mol. The van der Waals surface area contributed by atoms with Crippen molar-refractivity contribution in [2.24, 2.45) is 0 Å². The van der Waals surface area contributed by atoms with Gasteiger partial charge in [0.05, 0.1) is 11.1 Å². The Morgan fingerprint density at radius 1 is 1.50 bits per heavy atom. The van der Waals surface area contributed by atoms with E-state index in [4.69, 9.17) is 9.47 Å². The molecular weight excluding hydrogens is 277 g/mol. The second-order valence-electron chi connectivity index (χ2n) is 3.33. The maximum Gasteiger partial charge on any atom is 0.134 e. The minimum atomic E-state index is -0.295. The van der Waals surface area contributed by atoms with E-state index >= 15 is 0 Å².